The molecule has 2 rings (SSSR count). The first-order valence-electron chi connectivity index (χ1n) is 5.18. The topological polar surface area (TPSA) is 0 Å². The molecular weight excluding hydrogens is 156 g/mol. The lowest BCUT2D eigenvalue weighted by molar-refractivity contribution is 0.958. The molecule has 0 unspecified atom stereocenters. The third-order valence-corrected chi connectivity index (χ3v) is 2.19. The van der Waals surface area contributed by atoms with Crippen LogP contribution < -0.4 is 0 Å². The number of allylic oxidation sites excluding steroid dienone is 8. The van der Waals surface area contributed by atoms with Gasteiger partial charge in [0.15, 0.2) is 0 Å². The molecule has 0 aliphatic heterocycles. The molecule has 0 amide bonds. The van der Waals surface area contributed by atoms with Gasteiger partial charge in [0.2, 0.25) is 0 Å². The third kappa shape index (κ3) is 2.73. The molecule has 0 radical (unpaired) electrons. The fraction of sp³-hybridized carbons (Fsp3) is 0.385. The van der Waals surface area contributed by atoms with Crippen molar-refractivity contribution >= 4 is 0 Å². The Balaban J connectivity index is 0.000000396. The Labute approximate surface area is 81.4 Å². The van der Waals surface area contributed by atoms with E-state index in [0.29, 0.717) is 0 Å². The summed E-state index contributed by atoms with van der Waals surface area (Å²) in [5.41, 5.74) is 3.03. The Hall–Kier alpha value is -1.04. The van der Waals surface area contributed by atoms with Crippen LogP contribution >= 0.6 is 0 Å². The van der Waals surface area contributed by atoms with Crippen molar-refractivity contribution in [1.82, 2.24) is 0 Å². The minimum absolute atomic E-state index is 1.11. The summed E-state index contributed by atoms with van der Waals surface area (Å²) >= 11 is 0. The van der Waals surface area contributed by atoms with Gasteiger partial charge in [-0.3, -0.25) is 0 Å². The summed E-state index contributed by atoms with van der Waals surface area (Å²) < 4.78 is 0. The zero-order valence-corrected chi connectivity index (χ0v) is 8.59. The highest BCUT2D eigenvalue weighted by atomic mass is 14.1. The van der Waals surface area contributed by atoms with Crippen LogP contribution in [0.15, 0.2) is 47.6 Å². The monoisotopic (exact) mass is 174 g/mol. The van der Waals surface area contributed by atoms with Crippen LogP contribution in [0.4, 0.5) is 0 Å². The molecule has 0 bridgehead atoms. The van der Waals surface area contributed by atoms with E-state index in [9.17, 15) is 0 Å². The fourth-order valence-electron chi connectivity index (χ4n) is 1.57. The summed E-state index contributed by atoms with van der Waals surface area (Å²) in [6.45, 7) is 4.00. The third-order valence-electron chi connectivity index (χ3n) is 2.19. The summed E-state index contributed by atoms with van der Waals surface area (Å²) in [7, 11) is 0. The maximum absolute atomic E-state index is 2.27. The van der Waals surface area contributed by atoms with Gasteiger partial charge in [-0.2, -0.15) is 0 Å². The molecule has 2 aliphatic rings. The predicted octanol–water partition coefficient (Wildman–Crippen LogP) is 4.18. The van der Waals surface area contributed by atoms with Crippen LogP contribution in [0, 0.1) is 0 Å². The number of hydrogen-bond acceptors (Lipinski definition) is 0. The van der Waals surface area contributed by atoms with E-state index in [0.717, 1.165) is 6.42 Å². The van der Waals surface area contributed by atoms with Gasteiger partial charge in [-0.15, -0.1) is 0 Å². The molecule has 0 heterocycles. The summed E-state index contributed by atoms with van der Waals surface area (Å²) in [6.07, 6.45) is 16.8. The Morgan fingerprint density at radius 3 is 2.62 bits per heavy atom. The Bertz CT molecular complexity index is 262. The first kappa shape index (κ1) is 10.0. The molecule has 0 saturated heterocycles. The normalized spacial score (nSPS) is 18.9. The highest BCUT2D eigenvalue weighted by molar-refractivity contribution is 5.40. The molecule has 0 atom stereocenters. The quantitative estimate of drug-likeness (QED) is 0.517. The molecule has 0 heteroatoms. The van der Waals surface area contributed by atoms with Crippen LogP contribution in [-0.2, 0) is 0 Å². The molecule has 13 heavy (non-hydrogen) atoms. The van der Waals surface area contributed by atoms with Crippen LogP contribution in [0.2, 0.25) is 0 Å². The molecule has 0 N–H and O–H groups in total. The highest BCUT2D eigenvalue weighted by Crippen LogP contribution is 2.24. The predicted molar refractivity (Wildman–Crippen MR) is 59.6 cm³/mol. The van der Waals surface area contributed by atoms with Gasteiger partial charge in [0.1, 0.15) is 0 Å². The summed E-state index contributed by atoms with van der Waals surface area (Å²) in [6, 6.07) is 0. The molecule has 0 aromatic rings. The number of rotatable bonds is 0. The Kier molecular flexibility index (Phi) is 4.31. The molecule has 0 spiro atoms. The second kappa shape index (κ2) is 5.58. The molecule has 0 saturated carbocycles. The molecule has 0 nitrogen and oxygen atoms in total. The van der Waals surface area contributed by atoms with E-state index >= 15 is 0 Å². The van der Waals surface area contributed by atoms with Crippen LogP contribution in [0.1, 0.15) is 33.1 Å². The van der Waals surface area contributed by atoms with E-state index in [1.165, 1.54) is 24.0 Å². The summed E-state index contributed by atoms with van der Waals surface area (Å²) in [5, 5.41) is 0. The second-order valence-corrected chi connectivity index (χ2v) is 2.98. The smallest absolute Gasteiger partial charge is 0.00917 e. The van der Waals surface area contributed by atoms with Gasteiger partial charge >= 0.3 is 0 Å². The Morgan fingerprint density at radius 1 is 0.923 bits per heavy atom. The van der Waals surface area contributed by atoms with Crippen molar-refractivity contribution in [3.05, 3.63) is 47.6 Å². The largest absolute Gasteiger partial charge is 0.0839 e. The molecule has 70 valence electrons. The molecule has 0 fully saturated rings. The molecular formula is C13H18. The minimum atomic E-state index is 1.11. The number of hydrogen-bond donors (Lipinski definition) is 0. The van der Waals surface area contributed by atoms with Gasteiger partial charge in [-0.05, 0) is 30.4 Å². The summed E-state index contributed by atoms with van der Waals surface area (Å²) in [5.74, 6) is 0. The first-order valence-corrected chi connectivity index (χ1v) is 5.18. The average molecular weight is 174 g/mol. The van der Waals surface area contributed by atoms with Crippen LogP contribution in [0.25, 0.3) is 0 Å². The van der Waals surface area contributed by atoms with Gasteiger partial charge < -0.3 is 0 Å². The maximum Gasteiger partial charge on any atom is -0.00917 e. The van der Waals surface area contributed by atoms with E-state index in [1.54, 1.807) is 0 Å². The van der Waals surface area contributed by atoms with Gasteiger partial charge in [-0.25, -0.2) is 0 Å². The lowest BCUT2D eigenvalue weighted by atomic mass is 9.96. The van der Waals surface area contributed by atoms with Gasteiger partial charge in [-0.1, -0.05) is 50.3 Å². The van der Waals surface area contributed by atoms with Crippen molar-refractivity contribution in [2.75, 3.05) is 0 Å². The van der Waals surface area contributed by atoms with E-state index in [1.807, 2.05) is 13.8 Å². The van der Waals surface area contributed by atoms with E-state index < -0.39 is 0 Å². The zero-order chi connectivity index (χ0) is 9.52. The zero-order valence-electron chi connectivity index (χ0n) is 8.59. The molecule has 2 aliphatic carbocycles. The SMILES string of the molecule is C1=CCC2=C(C=C1)CCC=C2.CC. The van der Waals surface area contributed by atoms with Crippen molar-refractivity contribution in [2.24, 2.45) is 0 Å². The van der Waals surface area contributed by atoms with Crippen molar-refractivity contribution in [1.29, 1.82) is 0 Å². The first-order chi connectivity index (χ1) is 6.47. The van der Waals surface area contributed by atoms with E-state index in [4.69, 9.17) is 0 Å². The van der Waals surface area contributed by atoms with Crippen molar-refractivity contribution < 1.29 is 0 Å². The standard InChI is InChI=1S/C11H12.C2H6/c1-2-6-10-8-4-5-9-11(10)7-3-1;1-2/h1-4,7-8H,5-6,9H2;1-2H3. The molecule has 0 aromatic heterocycles. The molecule has 0 aromatic carbocycles. The van der Waals surface area contributed by atoms with Crippen LogP contribution in [0.5, 0.6) is 0 Å². The summed E-state index contributed by atoms with van der Waals surface area (Å²) in [4.78, 5) is 0. The lowest BCUT2D eigenvalue weighted by Crippen LogP contribution is -1.90. The van der Waals surface area contributed by atoms with E-state index in [2.05, 4.69) is 36.5 Å². The van der Waals surface area contributed by atoms with Gasteiger partial charge in [0, 0.05) is 0 Å². The van der Waals surface area contributed by atoms with Crippen molar-refractivity contribution in [3.8, 4) is 0 Å². The maximum atomic E-state index is 2.27. The second-order valence-electron chi connectivity index (χ2n) is 2.98. The Morgan fingerprint density at radius 2 is 1.77 bits per heavy atom. The minimum Gasteiger partial charge on any atom is -0.0839 e. The lowest BCUT2D eigenvalue weighted by Gasteiger charge is -2.09. The van der Waals surface area contributed by atoms with Crippen LogP contribution in [0.3, 0.4) is 0 Å². The fourth-order valence-corrected chi connectivity index (χ4v) is 1.57. The average Bonchev–Trinajstić information content (AvgIpc) is 2.45. The van der Waals surface area contributed by atoms with Gasteiger partial charge in [0.05, 0.1) is 0 Å². The van der Waals surface area contributed by atoms with Crippen molar-refractivity contribution in [3.63, 3.8) is 0 Å². The van der Waals surface area contributed by atoms with Gasteiger partial charge in [0.25, 0.3) is 0 Å². The van der Waals surface area contributed by atoms with Crippen LogP contribution in [-0.4, -0.2) is 0 Å². The van der Waals surface area contributed by atoms with E-state index in [-0.39, 0.29) is 0 Å². The highest BCUT2D eigenvalue weighted by Gasteiger charge is 2.04. The van der Waals surface area contributed by atoms with Crippen molar-refractivity contribution in [2.45, 2.75) is 33.1 Å².